The van der Waals surface area contributed by atoms with Crippen LogP contribution in [0.2, 0.25) is 25.7 Å². The van der Waals surface area contributed by atoms with Gasteiger partial charge in [0.2, 0.25) is 0 Å². The number of ether oxygens (including phenoxy) is 2. The van der Waals surface area contributed by atoms with Crippen molar-refractivity contribution in [2.24, 2.45) is 0 Å². The largest absolute Gasteiger partial charge is 0.604 e. The van der Waals surface area contributed by atoms with E-state index in [1.165, 1.54) is 7.11 Å². The number of benzene rings is 1. The number of esters is 1. The minimum Gasteiger partial charge on any atom is -0.604 e. The molecular formula is C17H24N2O4SSi. The van der Waals surface area contributed by atoms with Crippen LogP contribution in [0.25, 0.3) is 0 Å². The van der Waals surface area contributed by atoms with Crippen molar-refractivity contribution in [3.05, 3.63) is 42.2 Å². The summed E-state index contributed by atoms with van der Waals surface area (Å²) in [5, 5.41) is 0.429. The summed E-state index contributed by atoms with van der Waals surface area (Å²) in [6.45, 7) is 7.91. The van der Waals surface area contributed by atoms with Gasteiger partial charge in [-0.1, -0.05) is 19.6 Å². The maximum Gasteiger partial charge on any atom is 0.337 e. The Bertz CT molecular complexity index is 697. The van der Waals surface area contributed by atoms with E-state index in [0.29, 0.717) is 29.0 Å². The Morgan fingerprint density at radius 2 is 1.96 bits per heavy atom. The number of imidazole rings is 1. The van der Waals surface area contributed by atoms with Gasteiger partial charge in [0.25, 0.3) is 0 Å². The second kappa shape index (κ2) is 8.66. The molecule has 1 aromatic carbocycles. The first-order valence-corrected chi connectivity index (χ1v) is 12.9. The van der Waals surface area contributed by atoms with Crippen LogP contribution in [0.15, 0.2) is 46.7 Å². The van der Waals surface area contributed by atoms with E-state index in [-0.39, 0.29) is 0 Å². The van der Waals surface area contributed by atoms with E-state index >= 15 is 0 Å². The molecule has 1 atom stereocenters. The van der Waals surface area contributed by atoms with Crippen molar-refractivity contribution in [1.29, 1.82) is 0 Å². The van der Waals surface area contributed by atoms with Crippen molar-refractivity contribution in [2.75, 3.05) is 13.7 Å². The summed E-state index contributed by atoms with van der Waals surface area (Å²) < 4.78 is 24.8. The summed E-state index contributed by atoms with van der Waals surface area (Å²) in [7, 11) is 0.194. The van der Waals surface area contributed by atoms with Gasteiger partial charge in [0, 0.05) is 20.9 Å². The molecule has 1 aromatic heterocycles. The van der Waals surface area contributed by atoms with Crippen molar-refractivity contribution in [2.45, 2.75) is 42.5 Å². The minimum atomic E-state index is -1.44. The van der Waals surface area contributed by atoms with E-state index in [1.54, 1.807) is 41.2 Å². The summed E-state index contributed by atoms with van der Waals surface area (Å²) in [6.07, 6.45) is 3.36. The maximum atomic E-state index is 12.7. The van der Waals surface area contributed by atoms with Crippen LogP contribution in [-0.2, 0) is 27.4 Å². The van der Waals surface area contributed by atoms with Crippen LogP contribution in [0.1, 0.15) is 10.4 Å². The highest BCUT2D eigenvalue weighted by atomic mass is 32.2. The van der Waals surface area contributed by atoms with E-state index < -0.39 is 25.2 Å². The van der Waals surface area contributed by atoms with Gasteiger partial charge in [-0.2, -0.15) is 4.98 Å². The lowest BCUT2D eigenvalue weighted by Gasteiger charge is -2.16. The lowest BCUT2D eigenvalue weighted by atomic mass is 10.2. The molecule has 0 saturated carbocycles. The molecular weight excluding hydrogens is 356 g/mol. The molecule has 0 radical (unpaired) electrons. The molecule has 0 amide bonds. The predicted molar refractivity (Wildman–Crippen MR) is 98.8 cm³/mol. The van der Waals surface area contributed by atoms with Crippen LogP contribution in [0, 0.1) is 0 Å². The molecule has 2 aromatic rings. The van der Waals surface area contributed by atoms with E-state index in [4.69, 9.17) is 4.74 Å². The van der Waals surface area contributed by atoms with Crippen LogP contribution in [0.4, 0.5) is 0 Å². The fraction of sp³-hybridized carbons (Fsp3) is 0.412. The van der Waals surface area contributed by atoms with Gasteiger partial charge in [0.1, 0.15) is 6.73 Å². The second-order valence-electron chi connectivity index (χ2n) is 6.81. The summed E-state index contributed by atoms with van der Waals surface area (Å²) in [6, 6.07) is 7.56. The van der Waals surface area contributed by atoms with Gasteiger partial charge in [0.05, 0.1) is 30.0 Å². The minimum absolute atomic E-state index is 0.325. The van der Waals surface area contributed by atoms with Crippen molar-refractivity contribution >= 4 is 25.2 Å². The third-order valence-electron chi connectivity index (χ3n) is 3.56. The van der Waals surface area contributed by atoms with Crippen molar-refractivity contribution in [1.82, 2.24) is 9.55 Å². The normalized spacial score (nSPS) is 12.8. The van der Waals surface area contributed by atoms with Crippen LogP contribution in [0.5, 0.6) is 0 Å². The number of hydrogen-bond donors (Lipinski definition) is 0. The molecule has 2 rings (SSSR count). The standard InChI is InChI=1S/C17H24N2O4SSi/c1-22-16(20)14-5-7-15(8-6-14)24(21)17-18-9-10-19(17)13-23-11-12-25(2,3)4/h5-10H,11-13H2,1-4H3. The Kier molecular flexibility index (Phi) is 6.83. The average Bonchev–Trinajstić information content (AvgIpc) is 3.05. The third kappa shape index (κ3) is 5.70. The van der Waals surface area contributed by atoms with Crippen LogP contribution in [0.3, 0.4) is 0 Å². The molecule has 0 saturated heterocycles. The third-order valence-corrected chi connectivity index (χ3v) is 6.64. The number of hydrogen-bond acceptors (Lipinski definition) is 5. The summed E-state index contributed by atoms with van der Waals surface area (Å²) >= 11 is -1.44. The molecule has 1 heterocycles. The summed E-state index contributed by atoms with van der Waals surface area (Å²) in [5.74, 6) is -0.422. The molecule has 136 valence electrons. The van der Waals surface area contributed by atoms with E-state index in [2.05, 4.69) is 29.4 Å². The van der Waals surface area contributed by atoms with Crippen LogP contribution >= 0.6 is 0 Å². The summed E-state index contributed by atoms with van der Waals surface area (Å²) in [4.78, 5) is 16.2. The molecule has 0 spiro atoms. The molecule has 8 heteroatoms. The quantitative estimate of drug-likeness (QED) is 0.304. The Hall–Kier alpha value is -1.61. The predicted octanol–water partition coefficient (Wildman–Crippen LogP) is 3.15. The highest BCUT2D eigenvalue weighted by Gasteiger charge is 2.22. The van der Waals surface area contributed by atoms with Crippen molar-refractivity contribution in [3.63, 3.8) is 0 Å². The topological polar surface area (TPSA) is 76.4 Å². The zero-order valence-electron chi connectivity index (χ0n) is 15.0. The van der Waals surface area contributed by atoms with Crippen LogP contribution < -0.4 is 0 Å². The molecule has 0 aliphatic rings. The lowest BCUT2D eigenvalue weighted by Crippen LogP contribution is -2.22. The molecule has 1 unspecified atom stereocenters. The molecule has 0 aliphatic heterocycles. The van der Waals surface area contributed by atoms with Gasteiger partial charge in [-0.25, -0.2) is 4.79 Å². The highest BCUT2D eigenvalue weighted by molar-refractivity contribution is 7.91. The second-order valence-corrected chi connectivity index (χ2v) is 13.8. The van der Waals surface area contributed by atoms with Crippen LogP contribution in [-0.4, -0.2) is 41.9 Å². The zero-order chi connectivity index (χ0) is 18.4. The Morgan fingerprint density at radius 3 is 2.56 bits per heavy atom. The van der Waals surface area contributed by atoms with E-state index in [1.807, 2.05) is 0 Å². The molecule has 25 heavy (non-hydrogen) atoms. The molecule has 0 bridgehead atoms. The SMILES string of the molecule is COC(=O)c1ccc([S+]([O-])c2nccn2COCC[Si](C)(C)C)cc1. The first-order chi connectivity index (χ1) is 11.8. The van der Waals surface area contributed by atoms with E-state index in [0.717, 1.165) is 6.04 Å². The maximum absolute atomic E-state index is 12.7. The monoisotopic (exact) mass is 380 g/mol. The Morgan fingerprint density at radius 1 is 1.28 bits per heavy atom. The smallest absolute Gasteiger partial charge is 0.337 e. The number of methoxy groups -OCH3 is 1. The zero-order valence-corrected chi connectivity index (χ0v) is 16.8. The number of carbonyl (C=O) groups is 1. The van der Waals surface area contributed by atoms with Gasteiger partial charge in [-0.3, -0.25) is 4.57 Å². The van der Waals surface area contributed by atoms with Crippen molar-refractivity contribution in [3.8, 4) is 0 Å². The Balaban J connectivity index is 2.01. The molecule has 6 nitrogen and oxygen atoms in total. The first-order valence-electron chi connectivity index (χ1n) is 8.01. The van der Waals surface area contributed by atoms with E-state index in [9.17, 15) is 9.35 Å². The number of nitrogens with zero attached hydrogens (tertiary/aromatic N) is 2. The fourth-order valence-electron chi connectivity index (χ4n) is 2.05. The number of aromatic nitrogens is 2. The van der Waals surface area contributed by atoms with Gasteiger partial charge >= 0.3 is 11.1 Å². The number of carbonyl (C=O) groups excluding carboxylic acids is 1. The lowest BCUT2D eigenvalue weighted by molar-refractivity contribution is 0.0600. The highest BCUT2D eigenvalue weighted by Crippen LogP contribution is 2.20. The first kappa shape index (κ1) is 19.7. The van der Waals surface area contributed by atoms with Gasteiger partial charge < -0.3 is 14.0 Å². The number of rotatable bonds is 8. The van der Waals surface area contributed by atoms with Gasteiger partial charge in [-0.15, -0.1) is 0 Å². The molecule has 0 fully saturated rings. The average molecular weight is 381 g/mol. The van der Waals surface area contributed by atoms with Gasteiger partial charge in [-0.05, 0) is 30.3 Å². The van der Waals surface area contributed by atoms with Gasteiger partial charge in [0.15, 0.2) is 4.90 Å². The Labute approximate surface area is 152 Å². The summed E-state index contributed by atoms with van der Waals surface area (Å²) in [5.41, 5.74) is 0.418. The van der Waals surface area contributed by atoms with Crippen molar-refractivity contribution < 1.29 is 18.8 Å². The molecule has 0 N–H and O–H groups in total. The fourth-order valence-corrected chi connectivity index (χ4v) is 3.88. The molecule has 0 aliphatic carbocycles.